The number of hydrogen-bond donors (Lipinski definition) is 2. The normalized spacial score (nSPS) is 15.9. The van der Waals surface area contributed by atoms with Gasteiger partial charge in [0.2, 0.25) is 5.91 Å². The van der Waals surface area contributed by atoms with E-state index >= 15 is 0 Å². The van der Waals surface area contributed by atoms with Gasteiger partial charge < -0.3 is 15.4 Å². The van der Waals surface area contributed by atoms with Gasteiger partial charge in [-0.1, -0.05) is 6.07 Å². The molecule has 1 aliphatic carbocycles. The van der Waals surface area contributed by atoms with Crippen LogP contribution in [0.1, 0.15) is 26.2 Å². The number of nitrogens with one attached hydrogen (secondary N) is 2. The number of rotatable bonds is 7. The fourth-order valence-electron chi connectivity index (χ4n) is 1.93. The number of anilines is 2. The van der Waals surface area contributed by atoms with Crippen molar-refractivity contribution in [3.05, 3.63) is 24.3 Å². The zero-order chi connectivity index (χ0) is 13.7. The number of ether oxygens (including phenoxy) is 1. The molecule has 0 heterocycles. The van der Waals surface area contributed by atoms with Gasteiger partial charge >= 0.3 is 0 Å². The molecule has 0 aliphatic heterocycles. The fourth-order valence-corrected chi connectivity index (χ4v) is 1.93. The Morgan fingerprint density at radius 1 is 1.42 bits per heavy atom. The monoisotopic (exact) mass is 262 g/mol. The van der Waals surface area contributed by atoms with E-state index < -0.39 is 0 Å². The van der Waals surface area contributed by atoms with E-state index in [0.717, 1.165) is 37.2 Å². The Morgan fingerprint density at radius 3 is 2.84 bits per heavy atom. The Bertz CT molecular complexity index is 430. The highest BCUT2D eigenvalue weighted by Crippen LogP contribution is 2.30. The second kappa shape index (κ2) is 6.57. The predicted molar refractivity (Wildman–Crippen MR) is 77.4 cm³/mol. The van der Waals surface area contributed by atoms with E-state index in [1.807, 2.05) is 24.3 Å². The van der Waals surface area contributed by atoms with Gasteiger partial charge in [0.05, 0.1) is 0 Å². The Morgan fingerprint density at radius 2 is 2.16 bits per heavy atom. The van der Waals surface area contributed by atoms with Crippen LogP contribution in [0.5, 0.6) is 0 Å². The largest absolute Gasteiger partial charge is 0.385 e. The molecule has 2 rings (SSSR count). The number of carbonyl (C=O) groups excluding carboxylic acids is 1. The molecule has 1 amide bonds. The molecule has 1 aliphatic rings. The summed E-state index contributed by atoms with van der Waals surface area (Å²) in [7, 11) is 1.71. The van der Waals surface area contributed by atoms with Crippen molar-refractivity contribution in [3.8, 4) is 0 Å². The summed E-state index contributed by atoms with van der Waals surface area (Å²) in [5, 5.41) is 6.36. The summed E-state index contributed by atoms with van der Waals surface area (Å²) in [5.41, 5.74) is 1.89. The van der Waals surface area contributed by atoms with Crippen LogP contribution in [-0.4, -0.2) is 25.7 Å². The van der Waals surface area contributed by atoms with Crippen LogP contribution in [0.25, 0.3) is 0 Å². The van der Waals surface area contributed by atoms with Gasteiger partial charge in [-0.2, -0.15) is 0 Å². The molecule has 1 atom stereocenters. The lowest BCUT2D eigenvalue weighted by Crippen LogP contribution is -2.17. The average Bonchev–Trinajstić information content (AvgIpc) is 3.21. The maximum absolute atomic E-state index is 11.7. The summed E-state index contributed by atoms with van der Waals surface area (Å²) in [6, 6.07) is 8.20. The summed E-state index contributed by atoms with van der Waals surface area (Å²) < 4.78 is 5.06. The van der Waals surface area contributed by atoms with Crippen LogP contribution in [0, 0.1) is 5.92 Å². The van der Waals surface area contributed by atoms with E-state index in [1.165, 1.54) is 0 Å². The van der Waals surface area contributed by atoms with Crippen molar-refractivity contribution < 1.29 is 9.53 Å². The van der Waals surface area contributed by atoms with Gasteiger partial charge in [-0.05, 0) is 44.4 Å². The lowest BCUT2D eigenvalue weighted by Gasteiger charge is -2.15. The maximum atomic E-state index is 11.7. The Labute approximate surface area is 114 Å². The van der Waals surface area contributed by atoms with Crippen molar-refractivity contribution in [1.29, 1.82) is 0 Å². The molecule has 1 unspecified atom stereocenters. The van der Waals surface area contributed by atoms with Crippen LogP contribution in [-0.2, 0) is 9.53 Å². The molecule has 1 saturated carbocycles. The second-order valence-corrected chi connectivity index (χ2v) is 5.17. The zero-order valence-corrected chi connectivity index (χ0v) is 11.6. The Hall–Kier alpha value is -1.55. The van der Waals surface area contributed by atoms with E-state index in [4.69, 9.17) is 4.74 Å². The minimum atomic E-state index is 0.143. The van der Waals surface area contributed by atoms with Crippen molar-refractivity contribution in [2.45, 2.75) is 32.2 Å². The molecule has 1 aromatic rings. The average molecular weight is 262 g/mol. The first-order valence-corrected chi connectivity index (χ1v) is 6.85. The molecule has 4 nitrogen and oxygen atoms in total. The van der Waals surface area contributed by atoms with Gasteiger partial charge in [-0.25, -0.2) is 0 Å². The highest BCUT2D eigenvalue weighted by atomic mass is 16.5. The number of amides is 1. The SMILES string of the molecule is COCCC(C)Nc1cccc(NC(=O)C2CC2)c1. The third-order valence-corrected chi connectivity index (χ3v) is 3.25. The van der Waals surface area contributed by atoms with E-state index in [0.29, 0.717) is 6.04 Å². The van der Waals surface area contributed by atoms with Crippen LogP contribution in [0.3, 0.4) is 0 Å². The summed E-state index contributed by atoms with van der Waals surface area (Å²) in [6.45, 7) is 2.86. The van der Waals surface area contributed by atoms with Crippen LogP contribution >= 0.6 is 0 Å². The lowest BCUT2D eigenvalue weighted by molar-refractivity contribution is -0.117. The minimum absolute atomic E-state index is 0.143. The number of benzene rings is 1. The molecule has 0 saturated heterocycles. The molecule has 2 N–H and O–H groups in total. The maximum Gasteiger partial charge on any atom is 0.227 e. The quantitative estimate of drug-likeness (QED) is 0.794. The van der Waals surface area contributed by atoms with Gasteiger partial charge in [0.15, 0.2) is 0 Å². The molecule has 0 radical (unpaired) electrons. The molecule has 1 aromatic carbocycles. The van der Waals surface area contributed by atoms with Gasteiger partial charge in [0, 0.05) is 37.1 Å². The first kappa shape index (κ1) is 13.9. The third kappa shape index (κ3) is 4.56. The van der Waals surface area contributed by atoms with E-state index in [2.05, 4.69) is 17.6 Å². The number of methoxy groups -OCH3 is 1. The second-order valence-electron chi connectivity index (χ2n) is 5.17. The minimum Gasteiger partial charge on any atom is -0.385 e. The van der Waals surface area contributed by atoms with Crippen LogP contribution in [0.15, 0.2) is 24.3 Å². The van der Waals surface area contributed by atoms with Crippen molar-refractivity contribution in [2.24, 2.45) is 5.92 Å². The molecule has 1 fully saturated rings. The smallest absolute Gasteiger partial charge is 0.227 e. The molecule has 104 valence electrons. The van der Waals surface area contributed by atoms with E-state index in [-0.39, 0.29) is 11.8 Å². The number of carbonyl (C=O) groups is 1. The third-order valence-electron chi connectivity index (χ3n) is 3.25. The molecular formula is C15H22N2O2. The van der Waals surface area contributed by atoms with Gasteiger partial charge in [0.25, 0.3) is 0 Å². The van der Waals surface area contributed by atoms with Crippen molar-refractivity contribution in [2.75, 3.05) is 24.4 Å². The standard InChI is InChI=1S/C15H22N2O2/c1-11(8-9-19-2)16-13-4-3-5-14(10-13)17-15(18)12-6-7-12/h3-5,10-12,16H,6-9H2,1-2H3,(H,17,18). The lowest BCUT2D eigenvalue weighted by atomic mass is 10.2. The topological polar surface area (TPSA) is 50.4 Å². The summed E-state index contributed by atoms with van der Waals surface area (Å²) in [4.78, 5) is 11.7. The van der Waals surface area contributed by atoms with Crippen molar-refractivity contribution >= 4 is 17.3 Å². The summed E-state index contributed by atoms with van der Waals surface area (Å²) >= 11 is 0. The van der Waals surface area contributed by atoms with Crippen molar-refractivity contribution in [1.82, 2.24) is 0 Å². The first-order valence-electron chi connectivity index (χ1n) is 6.85. The van der Waals surface area contributed by atoms with Crippen LogP contribution < -0.4 is 10.6 Å². The van der Waals surface area contributed by atoms with Gasteiger partial charge in [0.1, 0.15) is 0 Å². The highest BCUT2D eigenvalue weighted by Gasteiger charge is 2.29. The predicted octanol–water partition coefficient (Wildman–Crippen LogP) is 2.87. The van der Waals surface area contributed by atoms with Gasteiger partial charge in [-0.15, -0.1) is 0 Å². The molecule has 4 heteroatoms. The molecule has 0 bridgehead atoms. The Kier molecular flexibility index (Phi) is 4.80. The molecule has 0 aromatic heterocycles. The van der Waals surface area contributed by atoms with Crippen LogP contribution in [0.2, 0.25) is 0 Å². The van der Waals surface area contributed by atoms with Crippen molar-refractivity contribution in [3.63, 3.8) is 0 Å². The zero-order valence-electron chi connectivity index (χ0n) is 11.6. The number of hydrogen-bond acceptors (Lipinski definition) is 3. The molecule has 19 heavy (non-hydrogen) atoms. The van der Waals surface area contributed by atoms with E-state index in [9.17, 15) is 4.79 Å². The molecular weight excluding hydrogens is 240 g/mol. The Balaban J connectivity index is 1.88. The summed E-state index contributed by atoms with van der Waals surface area (Å²) in [6.07, 6.45) is 3.00. The fraction of sp³-hybridized carbons (Fsp3) is 0.533. The summed E-state index contributed by atoms with van der Waals surface area (Å²) in [5.74, 6) is 0.377. The molecule has 0 spiro atoms. The first-order chi connectivity index (χ1) is 9.19. The van der Waals surface area contributed by atoms with Gasteiger partial charge in [-0.3, -0.25) is 4.79 Å². The van der Waals surface area contributed by atoms with E-state index in [1.54, 1.807) is 7.11 Å². The van der Waals surface area contributed by atoms with Crippen LogP contribution in [0.4, 0.5) is 11.4 Å². The highest BCUT2D eigenvalue weighted by molar-refractivity contribution is 5.94.